The molecule has 0 spiro atoms. The van der Waals surface area contributed by atoms with Gasteiger partial charge in [0, 0.05) is 24.8 Å². The first-order chi connectivity index (χ1) is 15.0. The highest BCUT2D eigenvalue weighted by Crippen LogP contribution is 2.32. The number of amides is 1. The first-order valence-corrected chi connectivity index (χ1v) is 9.99. The minimum absolute atomic E-state index is 0.0184. The van der Waals surface area contributed by atoms with E-state index in [9.17, 15) is 13.6 Å². The third kappa shape index (κ3) is 7.76. The van der Waals surface area contributed by atoms with Crippen molar-refractivity contribution in [3.05, 3.63) is 53.6 Å². The van der Waals surface area contributed by atoms with Crippen LogP contribution in [-0.2, 0) is 17.8 Å². The maximum absolute atomic E-state index is 12.8. The van der Waals surface area contributed by atoms with Crippen molar-refractivity contribution in [2.75, 3.05) is 25.5 Å². The number of carbonyl (C=O) groups is 1. The van der Waals surface area contributed by atoms with Crippen LogP contribution < -0.4 is 25.4 Å². The smallest absolute Gasteiger partial charge is 0.387 e. The lowest BCUT2D eigenvalue weighted by Gasteiger charge is -2.17. The van der Waals surface area contributed by atoms with Crippen LogP contribution in [0.1, 0.15) is 25.0 Å². The molecule has 2 aromatic rings. The molecule has 0 aliphatic carbocycles. The lowest BCUT2D eigenvalue weighted by atomic mass is 10.1. The van der Waals surface area contributed by atoms with Crippen LogP contribution in [0.5, 0.6) is 11.5 Å². The topological polar surface area (TPSA) is 84.0 Å². The van der Waals surface area contributed by atoms with Gasteiger partial charge in [0.1, 0.15) is 0 Å². The molecule has 0 bridgehead atoms. The fourth-order valence-electron chi connectivity index (χ4n) is 2.83. The van der Waals surface area contributed by atoms with Gasteiger partial charge < -0.3 is 25.4 Å². The zero-order valence-corrected chi connectivity index (χ0v) is 17.9. The summed E-state index contributed by atoms with van der Waals surface area (Å²) >= 11 is 0. The molecule has 1 amide bonds. The van der Waals surface area contributed by atoms with Gasteiger partial charge in [0.2, 0.25) is 5.91 Å². The average Bonchev–Trinajstić information content (AvgIpc) is 2.75. The highest BCUT2D eigenvalue weighted by Gasteiger charge is 2.16. The second kappa shape index (κ2) is 12.4. The molecule has 0 aromatic heterocycles. The van der Waals surface area contributed by atoms with Crippen LogP contribution >= 0.6 is 0 Å². The maximum atomic E-state index is 12.8. The van der Waals surface area contributed by atoms with Gasteiger partial charge in [0.15, 0.2) is 17.5 Å². The van der Waals surface area contributed by atoms with Gasteiger partial charge in [-0.15, -0.1) is 0 Å². The summed E-state index contributed by atoms with van der Waals surface area (Å²) < 4.78 is 35.7. The quantitative estimate of drug-likeness (QED) is 0.393. The fourth-order valence-corrected chi connectivity index (χ4v) is 2.83. The molecule has 0 atom stereocenters. The van der Waals surface area contributed by atoms with Crippen molar-refractivity contribution in [1.29, 1.82) is 0 Å². The molecule has 9 heteroatoms. The van der Waals surface area contributed by atoms with Gasteiger partial charge in [-0.2, -0.15) is 8.78 Å². The van der Waals surface area contributed by atoms with E-state index in [2.05, 4.69) is 25.7 Å². The first-order valence-electron chi connectivity index (χ1n) is 9.99. The number of ether oxygens (including phenoxy) is 2. The number of hydrogen-bond donors (Lipinski definition) is 3. The van der Waals surface area contributed by atoms with Gasteiger partial charge in [-0.3, -0.25) is 9.79 Å². The summed E-state index contributed by atoms with van der Waals surface area (Å²) in [5.41, 5.74) is 2.31. The van der Waals surface area contributed by atoms with Gasteiger partial charge in [0.05, 0.1) is 13.2 Å². The van der Waals surface area contributed by atoms with E-state index in [0.29, 0.717) is 18.1 Å². The Morgan fingerprint density at radius 1 is 1.13 bits per heavy atom. The lowest BCUT2D eigenvalue weighted by molar-refractivity contribution is -0.115. The summed E-state index contributed by atoms with van der Waals surface area (Å²) in [4.78, 5) is 16.3. The summed E-state index contributed by atoms with van der Waals surface area (Å²) in [5, 5.41) is 8.70. The molecule has 0 heterocycles. The van der Waals surface area contributed by atoms with Crippen LogP contribution in [0.15, 0.2) is 47.5 Å². The average molecular weight is 434 g/mol. The van der Waals surface area contributed by atoms with Crippen molar-refractivity contribution >= 4 is 17.6 Å². The van der Waals surface area contributed by atoms with E-state index in [4.69, 9.17) is 4.74 Å². The van der Waals surface area contributed by atoms with E-state index in [1.807, 2.05) is 31.2 Å². The molecule has 0 fully saturated rings. The summed E-state index contributed by atoms with van der Waals surface area (Å²) in [6.07, 6.45) is 0.875. The molecule has 168 valence electrons. The molecule has 0 aliphatic heterocycles. The monoisotopic (exact) mass is 434 g/mol. The van der Waals surface area contributed by atoms with Crippen molar-refractivity contribution in [1.82, 2.24) is 10.6 Å². The largest absolute Gasteiger partial charge is 0.490 e. The zero-order valence-electron chi connectivity index (χ0n) is 17.9. The lowest BCUT2D eigenvalue weighted by Crippen LogP contribution is -2.41. The number of aryl methyl sites for hydroxylation is 1. The SMILES string of the molecule is CCOc1cccc(CNC(=NC)NCC(=O)Nc2cccc(CC)c2)c1OC(F)F. The van der Waals surface area contributed by atoms with Gasteiger partial charge in [0.25, 0.3) is 0 Å². The third-order valence-corrected chi connectivity index (χ3v) is 4.27. The second-order valence-corrected chi connectivity index (χ2v) is 6.44. The molecule has 0 unspecified atom stereocenters. The molecular weight excluding hydrogens is 406 g/mol. The molecule has 31 heavy (non-hydrogen) atoms. The third-order valence-electron chi connectivity index (χ3n) is 4.27. The van der Waals surface area contributed by atoms with E-state index in [1.165, 1.54) is 0 Å². The minimum atomic E-state index is -2.98. The summed E-state index contributed by atoms with van der Waals surface area (Å²) in [7, 11) is 1.55. The molecular formula is C22H28F2N4O3. The van der Waals surface area contributed by atoms with E-state index in [0.717, 1.165) is 17.7 Å². The molecule has 0 saturated heterocycles. The number of para-hydroxylation sites is 1. The van der Waals surface area contributed by atoms with Crippen LogP contribution in [0.4, 0.5) is 14.5 Å². The summed E-state index contributed by atoms with van der Waals surface area (Å²) in [5.74, 6) is 0.299. The molecule has 7 nitrogen and oxygen atoms in total. The predicted octanol–water partition coefficient (Wildman–Crippen LogP) is 3.55. The summed E-state index contributed by atoms with van der Waals surface area (Å²) in [6.45, 7) is 1.26. The van der Waals surface area contributed by atoms with Crippen molar-refractivity contribution < 1.29 is 23.0 Å². The Hall–Kier alpha value is -3.36. The highest BCUT2D eigenvalue weighted by atomic mass is 19.3. The van der Waals surface area contributed by atoms with Gasteiger partial charge >= 0.3 is 6.61 Å². The van der Waals surface area contributed by atoms with Crippen LogP contribution in [0.2, 0.25) is 0 Å². The zero-order chi connectivity index (χ0) is 22.6. The highest BCUT2D eigenvalue weighted by molar-refractivity contribution is 5.95. The van der Waals surface area contributed by atoms with Crippen molar-refractivity contribution in [2.45, 2.75) is 33.4 Å². The molecule has 0 saturated carbocycles. The standard InChI is InChI=1S/C22H28F2N4O3/c1-4-15-8-6-10-17(12-15)28-19(29)14-27-22(25-3)26-13-16-9-7-11-18(30-5-2)20(16)31-21(23)24/h6-12,21H,4-5,13-14H2,1-3H3,(H,28,29)(H2,25,26,27). The van der Waals surface area contributed by atoms with Crippen molar-refractivity contribution in [3.8, 4) is 11.5 Å². The van der Waals surface area contributed by atoms with E-state index >= 15 is 0 Å². The number of guanidine groups is 1. The predicted molar refractivity (Wildman–Crippen MR) is 117 cm³/mol. The molecule has 2 rings (SSSR count). The Labute approximate surface area is 180 Å². The van der Waals surface area contributed by atoms with Crippen molar-refractivity contribution in [2.24, 2.45) is 4.99 Å². The number of halogens is 2. The Kier molecular flexibility index (Phi) is 9.54. The van der Waals surface area contributed by atoms with E-state index < -0.39 is 6.61 Å². The number of nitrogens with one attached hydrogen (secondary N) is 3. The van der Waals surface area contributed by atoms with Crippen LogP contribution in [0.25, 0.3) is 0 Å². The van der Waals surface area contributed by atoms with Crippen molar-refractivity contribution in [3.63, 3.8) is 0 Å². The van der Waals surface area contributed by atoms with Crippen LogP contribution in [0, 0.1) is 0 Å². The van der Waals surface area contributed by atoms with Gasteiger partial charge in [-0.25, -0.2) is 0 Å². The number of nitrogens with zero attached hydrogens (tertiary/aromatic N) is 1. The normalized spacial score (nSPS) is 11.2. The molecule has 0 radical (unpaired) electrons. The molecule has 0 aliphatic rings. The number of anilines is 1. The number of aliphatic imine (C=N–C) groups is 1. The Bertz CT molecular complexity index is 891. The van der Waals surface area contributed by atoms with Crippen LogP contribution in [0.3, 0.4) is 0 Å². The Balaban J connectivity index is 1.95. The number of alkyl halides is 2. The number of hydrogen-bond acceptors (Lipinski definition) is 4. The molecule has 3 N–H and O–H groups in total. The van der Waals surface area contributed by atoms with E-state index in [1.54, 1.807) is 32.2 Å². The van der Waals surface area contributed by atoms with E-state index in [-0.39, 0.29) is 30.5 Å². The Morgan fingerprint density at radius 2 is 1.90 bits per heavy atom. The minimum Gasteiger partial charge on any atom is -0.490 e. The summed E-state index contributed by atoms with van der Waals surface area (Å²) in [6, 6.07) is 12.5. The Morgan fingerprint density at radius 3 is 2.58 bits per heavy atom. The second-order valence-electron chi connectivity index (χ2n) is 6.44. The number of benzene rings is 2. The van der Waals surface area contributed by atoms with Crippen LogP contribution in [-0.4, -0.2) is 38.7 Å². The number of carbonyl (C=O) groups excluding carboxylic acids is 1. The number of rotatable bonds is 10. The fraction of sp³-hybridized carbons (Fsp3) is 0.364. The molecule has 2 aromatic carbocycles. The van der Waals surface area contributed by atoms with Gasteiger partial charge in [-0.1, -0.05) is 31.2 Å². The maximum Gasteiger partial charge on any atom is 0.387 e. The first kappa shape index (κ1) is 23.9. The van der Waals surface area contributed by atoms with Gasteiger partial charge in [-0.05, 0) is 37.1 Å².